The number of amides is 3. The highest BCUT2D eigenvalue weighted by Gasteiger charge is 2.75. The van der Waals surface area contributed by atoms with Crippen LogP contribution in [0.2, 0.25) is 0 Å². The number of carbonyl (C=O) groups excluding carboxylic acids is 3. The number of anilines is 1. The quantitative estimate of drug-likeness (QED) is 0.367. The Labute approximate surface area is 194 Å². The van der Waals surface area contributed by atoms with Crippen molar-refractivity contribution < 1.29 is 19.5 Å². The van der Waals surface area contributed by atoms with Crippen molar-refractivity contribution in [3.05, 3.63) is 30.3 Å². The van der Waals surface area contributed by atoms with Crippen LogP contribution in [-0.4, -0.2) is 68.3 Å². The molecule has 3 aliphatic heterocycles. The molecule has 7 nitrogen and oxygen atoms in total. The smallest absolute Gasteiger partial charge is 0.244 e. The lowest BCUT2D eigenvalue weighted by Gasteiger charge is -2.35. The Bertz CT molecular complexity index is 856. The molecule has 0 aromatic heterocycles. The van der Waals surface area contributed by atoms with Crippen LogP contribution in [0.5, 0.6) is 0 Å². The van der Waals surface area contributed by atoms with Crippen LogP contribution in [0.4, 0.5) is 5.69 Å². The Balaban J connectivity index is 1.65. The van der Waals surface area contributed by atoms with Crippen LogP contribution in [0.3, 0.4) is 0 Å². The minimum Gasteiger partial charge on any atom is -0.395 e. The Kier molecular flexibility index (Phi) is 6.65. The van der Waals surface area contributed by atoms with Gasteiger partial charge in [-0.1, -0.05) is 47.5 Å². The monoisotopic (exact) mass is 509 g/mol. The van der Waals surface area contributed by atoms with Crippen LogP contribution >= 0.6 is 27.7 Å². The van der Waals surface area contributed by atoms with Crippen molar-refractivity contribution in [1.29, 1.82) is 0 Å². The van der Waals surface area contributed by atoms with Crippen LogP contribution in [0.1, 0.15) is 26.2 Å². The molecule has 1 aromatic rings. The molecule has 3 fully saturated rings. The van der Waals surface area contributed by atoms with Gasteiger partial charge in [-0.15, -0.1) is 11.8 Å². The number of fused-ring (bicyclic) bond motifs is 1. The fraction of sp³-hybridized carbons (Fsp3) is 0.591. The third kappa shape index (κ3) is 3.78. The fourth-order valence-corrected chi connectivity index (χ4v) is 8.92. The van der Waals surface area contributed by atoms with Gasteiger partial charge < -0.3 is 20.6 Å². The third-order valence-electron chi connectivity index (χ3n) is 6.55. The first-order valence-electron chi connectivity index (χ1n) is 10.8. The van der Waals surface area contributed by atoms with E-state index in [0.717, 1.165) is 12.8 Å². The summed E-state index contributed by atoms with van der Waals surface area (Å²) in [5.41, 5.74) is 0.687. The number of aliphatic hydroxyl groups is 1. The van der Waals surface area contributed by atoms with E-state index in [1.54, 1.807) is 11.8 Å². The zero-order valence-electron chi connectivity index (χ0n) is 17.4. The zero-order valence-corrected chi connectivity index (χ0v) is 19.8. The Morgan fingerprint density at radius 3 is 2.71 bits per heavy atom. The molecule has 3 unspecified atom stereocenters. The van der Waals surface area contributed by atoms with Gasteiger partial charge in [0.25, 0.3) is 0 Å². The van der Waals surface area contributed by atoms with Gasteiger partial charge in [-0.05, 0) is 25.0 Å². The summed E-state index contributed by atoms with van der Waals surface area (Å²) in [5, 5.41) is 15.4. The third-order valence-corrected chi connectivity index (χ3v) is 9.77. The van der Waals surface area contributed by atoms with Crippen molar-refractivity contribution >= 4 is 51.1 Å². The van der Waals surface area contributed by atoms with Crippen LogP contribution in [-0.2, 0) is 14.4 Å². The van der Waals surface area contributed by atoms with Gasteiger partial charge in [-0.3, -0.25) is 14.4 Å². The van der Waals surface area contributed by atoms with Gasteiger partial charge in [-0.25, -0.2) is 0 Å². The molecule has 31 heavy (non-hydrogen) atoms. The number of hydrogen-bond donors (Lipinski definition) is 3. The SMILES string of the molecule is CCCCNC(=O)C1N(CCO)C(=O)[C@@H]2[C@H](C(=O)Nc3ccccc3)[C@H]3SC12CC3Br. The molecule has 3 saturated heterocycles. The number of thioether (sulfide) groups is 1. The van der Waals surface area contributed by atoms with Gasteiger partial charge in [0.15, 0.2) is 0 Å². The maximum atomic E-state index is 13.5. The van der Waals surface area contributed by atoms with Gasteiger partial charge in [-0.2, -0.15) is 0 Å². The molecule has 1 spiro atoms. The number of benzene rings is 1. The molecular formula is C22H28BrN3O4S. The predicted molar refractivity (Wildman–Crippen MR) is 124 cm³/mol. The topological polar surface area (TPSA) is 98.7 Å². The maximum absolute atomic E-state index is 13.5. The second kappa shape index (κ2) is 9.11. The summed E-state index contributed by atoms with van der Waals surface area (Å²) in [6, 6.07) is 8.52. The predicted octanol–water partition coefficient (Wildman–Crippen LogP) is 2.00. The van der Waals surface area contributed by atoms with E-state index in [1.807, 2.05) is 30.3 Å². The molecule has 6 atom stereocenters. The number of likely N-dealkylation sites (tertiary alicyclic amines) is 1. The van der Waals surface area contributed by atoms with Crippen molar-refractivity contribution in [3.8, 4) is 0 Å². The number of rotatable bonds is 8. The first-order valence-corrected chi connectivity index (χ1v) is 12.6. The number of nitrogens with one attached hydrogen (secondary N) is 2. The lowest BCUT2D eigenvalue weighted by atomic mass is 9.70. The summed E-state index contributed by atoms with van der Waals surface area (Å²) in [4.78, 5) is 41.6. The highest BCUT2D eigenvalue weighted by atomic mass is 79.9. The van der Waals surface area contributed by atoms with Crippen molar-refractivity contribution in [2.75, 3.05) is 25.0 Å². The number of unbranched alkanes of at least 4 members (excludes halogenated alkanes) is 1. The lowest BCUT2D eigenvalue weighted by molar-refractivity contribution is -0.139. The molecule has 3 amide bonds. The zero-order chi connectivity index (χ0) is 22.2. The van der Waals surface area contributed by atoms with E-state index in [4.69, 9.17) is 0 Å². The summed E-state index contributed by atoms with van der Waals surface area (Å²) < 4.78 is -0.667. The van der Waals surface area contributed by atoms with Crippen LogP contribution in [0.15, 0.2) is 30.3 Å². The molecule has 3 heterocycles. The minimum absolute atomic E-state index is 0.0353. The second-order valence-corrected chi connectivity index (χ2v) is 11.1. The number of alkyl halides is 1. The van der Waals surface area contributed by atoms with Gasteiger partial charge in [0.2, 0.25) is 17.7 Å². The Morgan fingerprint density at radius 2 is 2.03 bits per heavy atom. The van der Waals surface area contributed by atoms with Gasteiger partial charge in [0, 0.05) is 28.9 Å². The van der Waals surface area contributed by atoms with Gasteiger partial charge >= 0.3 is 0 Å². The molecule has 2 bridgehead atoms. The molecule has 1 aromatic carbocycles. The number of hydrogen-bond acceptors (Lipinski definition) is 5. The number of aliphatic hydroxyl groups excluding tert-OH is 1. The fourth-order valence-electron chi connectivity index (χ4n) is 5.31. The largest absolute Gasteiger partial charge is 0.395 e. The lowest BCUT2D eigenvalue weighted by Crippen LogP contribution is -2.54. The second-order valence-electron chi connectivity index (χ2n) is 8.42. The van der Waals surface area contributed by atoms with E-state index in [1.165, 1.54) is 4.90 Å². The Hall–Kier alpha value is -1.58. The summed E-state index contributed by atoms with van der Waals surface area (Å²) in [6.45, 7) is 2.48. The van der Waals surface area contributed by atoms with Gasteiger partial charge in [0.1, 0.15) is 6.04 Å². The van der Waals surface area contributed by atoms with E-state index in [-0.39, 0.29) is 41.0 Å². The van der Waals surface area contributed by atoms with Gasteiger partial charge in [0.05, 0.1) is 23.2 Å². The van der Waals surface area contributed by atoms with Crippen LogP contribution < -0.4 is 10.6 Å². The molecule has 9 heteroatoms. The molecule has 0 radical (unpaired) electrons. The molecule has 168 valence electrons. The minimum atomic E-state index is -0.682. The number of β-amino-alcohol motifs (C(OH)–C–C–N with tert-alkyl or cyclic N) is 1. The average Bonchev–Trinajstić information content (AvgIpc) is 3.33. The van der Waals surface area contributed by atoms with Crippen LogP contribution in [0.25, 0.3) is 0 Å². The first kappa shape index (κ1) is 22.6. The molecule has 0 saturated carbocycles. The van der Waals surface area contributed by atoms with Crippen molar-refractivity contribution in [3.63, 3.8) is 0 Å². The summed E-state index contributed by atoms with van der Waals surface area (Å²) in [7, 11) is 0. The molecule has 4 rings (SSSR count). The van der Waals surface area contributed by atoms with E-state index >= 15 is 0 Å². The molecular weight excluding hydrogens is 482 g/mol. The van der Waals surface area contributed by atoms with Crippen molar-refractivity contribution in [1.82, 2.24) is 10.2 Å². The highest BCUT2D eigenvalue weighted by molar-refractivity contribution is 9.09. The average molecular weight is 510 g/mol. The number of para-hydroxylation sites is 1. The van der Waals surface area contributed by atoms with Crippen molar-refractivity contribution in [2.24, 2.45) is 11.8 Å². The number of nitrogens with zero attached hydrogens (tertiary/aromatic N) is 1. The van der Waals surface area contributed by atoms with E-state index in [9.17, 15) is 19.5 Å². The molecule has 0 aliphatic carbocycles. The molecule has 3 aliphatic rings. The normalized spacial score (nSPS) is 33.5. The number of carbonyl (C=O) groups is 3. The number of halogens is 1. The Morgan fingerprint density at radius 1 is 1.29 bits per heavy atom. The van der Waals surface area contributed by atoms with E-state index in [2.05, 4.69) is 33.5 Å². The summed E-state index contributed by atoms with van der Waals surface area (Å²) in [6.07, 6.45) is 2.46. The van der Waals surface area contributed by atoms with Crippen molar-refractivity contribution in [2.45, 2.75) is 47.1 Å². The van der Waals surface area contributed by atoms with Crippen LogP contribution in [0, 0.1) is 11.8 Å². The van der Waals surface area contributed by atoms with E-state index < -0.39 is 22.6 Å². The standard InChI is InChI=1S/C22H28BrN3O4S/c1-2-3-9-24-20(29)18-22-12-14(23)17(31-22)15(16(22)21(30)26(18)10-11-27)19(28)25-13-7-5-4-6-8-13/h4-8,14-18,27H,2-3,9-12H2,1H3,(H,24,29)(H,25,28)/t14?,15-,16-,17-,18?,22?/m0/s1. The molecule has 3 N–H and O–H groups in total. The summed E-state index contributed by atoms with van der Waals surface area (Å²) in [5.74, 6) is -1.69. The maximum Gasteiger partial charge on any atom is 0.244 e. The first-order chi connectivity index (χ1) is 14.9. The summed E-state index contributed by atoms with van der Waals surface area (Å²) >= 11 is 5.33. The van der Waals surface area contributed by atoms with E-state index in [0.29, 0.717) is 18.7 Å². The highest BCUT2D eigenvalue weighted by Crippen LogP contribution is 2.67.